The van der Waals surface area contributed by atoms with E-state index < -0.39 is 12.0 Å². The number of nitrogens with one attached hydrogen (secondary N) is 1. The molecule has 1 aliphatic rings. The van der Waals surface area contributed by atoms with Gasteiger partial charge in [-0.05, 0) is 64.8 Å². The minimum absolute atomic E-state index is 0.0223. The molecule has 1 aliphatic heterocycles. The average Bonchev–Trinajstić information content (AvgIpc) is 2.94. The summed E-state index contributed by atoms with van der Waals surface area (Å²) in [6, 6.07) is 6.72. The van der Waals surface area contributed by atoms with Crippen molar-refractivity contribution in [2.75, 3.05) is 19.6 Å². The van der Waals surface area contributed by atoms with Gasteiger partial charge in [-0.25, -0.2) is 4.98 Å². The van der Waals surface area contributed by atoms with E-state index in [1.807, 2.05) is 20.8 Å². The number of fused-ring (bicyclic) bond motifs is 1. The van der Waals surface area contributed by atoms with Gasteiger partial charge in [-0.1, -0.05) is 12.1 Å². The Hall–Kier alpha value is -2.09. The minimum atomic E-state index is -4.48. The van der Waals surface area contributed by atoms with Crippen molar-refractivity contribution in [3.8, 4) is 0 Å². The lowest BCUT2D eigenvalue weighted by Gasteiger charge is -2.33. The van der Waals surface area contributed by atoms with E-state index in [1.165, 1.54) is 4.57 Å². The normalized spacial score (nSPS) is 17.2. The van der Waals surface area contributed by atoms with E-state index in [9.17, 15) is 18.0 Å². The first-order valence-electron chi connectivity index (χ1n) is 9.59. The summed E-state index contributed by atoms with van der Waals surface area (Å²) in [5, 5.41) is 2.94. The Morgan fingerprint density at radius 3 is 2.43 bits per heavy atom. The lowest BCUT2D eigenvalue weighted by Crippen LogP contribution is -2.47. The number of nitrogens with zero attached hydrogens (tertiary/aromatic N) is 3. The van der Waals surface area contributed by atoms with Crippen LogP contribution in [0.3, 0.4) is 0 Å². The van der Waals surface area contributed by atoms with Gasteiger partial charge in [0.1, 0.15) is 0 Å². The molecular weight excluding hydrogens is 369 g/mol. The molecule has 1 saturated heterocycles. The van der Waals surface area contributed by atoms with Crippen LogP contribution in [-0.2, 0) is 17.5 Å². The van der Waals surface area contributed by atoms with Crippen molar-refractivity contribution in [2.45, 2.75) is 51.9 Å². The van der Waals surface area contributed by atoms with Gasteiger partial charge in [0.2, 0.25) is 11.7 Å². The Morgan fingerprint density at radius 2 is 1.82 bits per heavy atom. The van der Waals surface area contributed by atoms with Crippen LogP contribution < -0.4 is 5.32 Å². The fourth-order valence-corrected chi connectivity index (χ4v) is 3.72. The van der Waals surface area contributed by atoms with Gasteiger partial charge in [0.25, 0.3) is 0 Å². The molecule has 1 aromatic carbocycles. The van der Waals surface area contributed by atoms with Gasteiger partial charge < -0.3 is 9.88 Å². The van der Waals surface area contributed by atoms with Crippen LogP contribution in [0.4, 0.5) is 13.2 Å². The smallest absolute Gasteiger partial charge is 0.350 e. The molecule has 0 saturated carbocycles. The number of imidazole rings is 1. The number of carbonyl (C=O) groups is 1. The molecule has 0 unspecified atom stereocenters. The van der Waals surface area contributed by atoms with E-state index in [0.717, 1.165) is 12.8 Å². The first kappa shape index (κ1) is 20.6. The van der Waals surface area contributed by atoms with Crippen LogP contribution in [0.25, 0.3) is 11.0 Å². The van der Waals surface area contributed by atoms with E-state index in [2.05, 4.69) is 15.2 Å². The van der Waals surface area contributed by atoms with E-state index in [0.29, 0.717) is 30.7 Å². The highest BCUT2D eigenvalue weighted by atomic mass is 19.4. The molecule has 3 rings (SSSR count). The quantitative estimate of drug-likeness (QED) is 0.858. The predicted octanol–water partition coefficient (Wildman–Crippen LogP) is 3.68. The average molecular weight is 396 g/mol. The standard InChI is InChI=1S/C20H27F3N4O/c1-19(2,3)25-17(28)13-26-10-8-14(9-11-26)12-27-16-7-5-4-6-15(16)24-18(27)20(21,22)23/h4-7,14H,8-13H2,1-3H3,(H,25,28). The zero-order valence-corrected chi connectivity index (χ0v) is 16.5. The Labute approximate surface area is 162 Å². The highest BCUT2D eigenvalue weighted by molar-refractivity contribution is 5.78. The van der Waals surface area contributed by atoms with Gasteiger partial charge in [0.15, 0.2) is 0 Å². The summed E-state index contributed by atoms with van der Waals surface area (Å²) in [6.45, 7) is 7.83. The van der Waals surface area contributed by atoms with Crippen molar-refractivity contribution in [2.24, 2.45) is 5.92 Å². The number of aromatic nitrogens is 2. The fourth-order valence-electron chi connectivity index (χ4n) is 3.72. The Morgan fingerprint density at radius 1 is 1.18 bits per heavy atom. The van der Waals surface area contributed by atoms with Crippen LogP contribution in [-0.4, -0.2) is 45.5 Å². The fraction of sp³-hybridized carbons (Fsp3) is 0.600. The third-order valence-electron chi connectivity index (χ3n) is 4.94. The summed E-state index contributed by atoms with van der Waals surface area (Å²) >= 11 is 0. The third kappa shape index (κ3) is 5.04. The monoisotopic (exact) mass is 396 g/mol. The second-order valence-electron chi connectivity index (χ2n) is 8.55. The van der Waals surface area contributed by atoms with Crippen molar-refractivity contribution in [3.05, 3.63) is 30.1 Å². The van der Waals surface area contributed by atoms with Gasteiger partial charge in [0.05, 0.1) is 17.6 Å². The molecule has 154 valence electrons. The van der Waals surface area contributed by atoms with E-state index in [-0.39, 0.29) is 23.9 Å². The number of piperidine rings is 1. The number of alkyl halides is 3. The molecule has 2 heterocycles. The number of hydrogen-bond donors (Lipinski definition) is 1. The summed E-state index contributed by atoms with van der Waals surface area (Å²) in [5.74, 6) is -0.729. The maximum atomic E-state index is 13.4. The molecule has 28 heavy (non-hydrogen) atoms. The number of likely N-dealkylation sites (tertiary alicyclic amines) is 1. The van der Waals surface area contributed by atoms with Gasteiger partial charge in [-0.3, -0.25) is 9.69 Å². The molecule has 0 radical (unpaired) electrons. The molecule has 1 amide bonds. The number of benzene rings is 1. The molecule has 1 N–H and O–H groups in total. The van der Waals surface area contributed by atoms with Gasteiger partial charge in [0, 0.05) is 12.1 Å². The summed E-state index contributed by atoms with van der Waals surface area (Å²) < 4.78 is 41.6. The van der Waals surface area contributed by atoms with Crippen LogP contribution in [0.2, 0.25) is 0 Å². The Kier molecular flexibility index (Phi) is 5.70. The Bertz CT molecular complexity index is 830. The molecular formula is C20H27F3N4O. The zero-order valence-electron chi connectivity index (χ0n) is 16.5. The summed E-state index contributed by atoms with van der Waals surface area (Å²) in [6.07, 6.45) is -2.97. The summed E-state index contributed by atoms with van der Waals surface area (Å²) in [5.41, 5.74) is 0.610. The number of para-hydroxylation sites is 2. The lowest BCUT2D eigenvalue weighted by atomic mass is 9.96. The molecule has 2 aromatic rings. The summed E-state index contributed by atoms with van der Waals surface area (Å²) in [7, 11) is 0. The number of hydrogen-bond acceptors (Lipinski definition) is 3. The topological polar surface area (TPSA) is 50.2 Å². The van der Waals surface area contributed by atoms with E-state index in [4.69, 9.17) is 0 Å². The van der Waals surface area contributed by atoms with Crippen molar-refractivity contribution in [1.82, 2.24) is 19.8 Å². The second-order valence-corrected chi connectivity index (χ2v) is 8.55. The molecule has 0 aliphatic carbocycles. The van der Waals surface area contributed by atoms with Crippen LogP contribution in [0.5, 0.6) is 0 Å². The summed E-state index contributed by atoms with van der Waals surface area (Å²) in [4.78, 5) is 18.0. The predicted molar refractivity (Wildman–Crippen MR) is 102 cm³/mol. The first-order valence-corrected chi connectivity index (χ1v) is 9.59. The highest BCUT2D eigenvalue weighted by Gasteiger charge is 2.38. The maximum Gasteiger partial charge on any atom is 0.449 e. The van der Waals surface area contributed by atoms with E-state index in [1.54, 1.807) is 24.3 Å². The molecule has 0 spiro atoms. The van der Waals surface area contributed by atoms with Crippen molar-refractivity contribution in [3.63, 3.8) is 0 Å². The van der Waals surface area contributed by atoms with Gasteiger partial charge in [-0.2, -0.15) is 13.2 Å². The minimum Gasteiger partial charge on any atom is -0.350 e. The SMILES string of the molecule is CC(C)(C)NC(=O)CN1CCC(Cn2c(C(F)(F)F)nc3ccccc32)CC1. The largest absolute Gasteiger partial charge is 0.449 e. The maximum absolute atomic E-state index is 13.4. The van der Waals surface area contributed by atoms with Crippen LogP contribution in [0, 0.1) is 5.92 Å². The van der Waals surface area contributed by atoms with Gasteiger partial charge in [-0.15, -0.1) is 0 Å². The first-order chi connectivity index (χ1) is 13.0. The van der Waals surface area contributed by atoms with Crippen molar-refractivity contribution >= 4 is 16.9 Å². The highest BCUT2D eigenvalue weighted by Crippen LogP contribution is 2.33. The van der Waals surface area contributed by atoms with Gasteiger partial charge >= 0.3 is 6.18 Å². The van der Waals surface area contributed by atoms with Crippen LogP contribution in [0.1, 0.15) is 39.4 Å². The molecule has 1 aromatic heterocycles. The number of amides is 1. The van der Waals surface area contributed by atoms with Crippen molar-refractivity contribution < 1.29 is 18.0 Å². The molecule has 0 atom stereocenters. The third-order valence-corrected chi connectivity index (χ3v) is 4.94. The number of halogens is 3. The van der Waals surface area contributed by atoms with E-state index >= 15 is 0 Å². The Balaban J connectivity index is 1.65. The zero-order chi connectivity index (χ0) is 20.5. The molecule has 8 heteroatoms. The molecule has 5 nitrogen and oxygen atoms in total. The van der Waals surface area contributed by atoms with Crippen LogP contribution >= 0.6 is 0 Å². The number of rotatable bonds is 4. The molecule has 0 bridgehead atoms. The lowest BCUT2D eigenvalue weighted by molar-refractivity contribution is -0.147. The van der Waals surface area contributed by atoms with Crippen molar-refractivity contribution in [1.29, 1.82) is 0 Å². The second kappa shape index (κ2) is 7.73. The number of carbonyl (C=O) groups excluding carboxylic acids is 1. The van der Waals surface area contributed by atoms with Crippen LogP contribution in [0.15, 0.2) is 24.3 Å². The molecule has 1 fully saturated rings.